The third-order valence-electron chi connectivity index (χ3n) is 4.98. The van der Waals surface area contributed by atoms with Crippen molar-refractivity contribution in [2.45, 2.75) is 32.0 Å². The summed E-state index contributed by atoms with van der Waals surface area (Å²) in [6, 6.07) is 8.81. The molecule has 23 heavy (non-hydrogen) atoms. The molecule has 1 N–H and O–H groups in total. The molecule has 0 spiro atoms. The summed E-state index contributed by atoms with van der Waals surface area (Å²) in [5.41, 5.74) is 2.63. The molecule has 3 atom stereocenters. The first kappa shape index (κ1) is 16.4. The quantitative estimate of drug-likeness (QED) is 0.805. The van der Waals surface area contributed by atoms with E-state index in [1.165, 1.54) is 11.1 Å². The third-order valence-corrected chi connectivity index (χ3v) is 4.98. The summed E-state index contributed by atoms with van der Waals surface area (Å²) < 4.78 is 10.9. The van der Waals surface area contributed by atoms with Crippen molar-refractivity contribution < 1.29 is 14.3 Å². The Bertz CT molecular complexity index is 549. The van der Waals surface area contributed by atoms with E-state index in [0.29, 0.717) is 19.2 Å². The van der Waals surface area contributed by atoms with Gasteiger partial charge in [-0.1, -0.05) is 24.3 Å². The van der Waals surface area contributed by atoms with Gasteiger partial charge in [0.1, 0.15) is 0 Å². The molecule has 126 valence electrons. The van der Waals surface area contributed by atoms with E-state index in [-0.39, 0.29) is 17.9 Å². The van der Waals surface area contributed by atoms with Crippen LogP contribution in [0.2, 0.25) is 0 Å². The van der Waals surface area contributed by atoms with Gasteiger partial charge in [-0.25, -0.2) is 0 Å². The van der Waals surface area contributed by atoms with E-state index in [1.54, 1.807) is 7.11 Å². The van der Waals surface area contributed by atoms with Gasteiger partial charge in [0.15, 0.2) is 0 Å². The van der Waals surface area contributed by atoms with Gasteiger partial charge < -0.3 is 14.8 Å². The van der Waals surface area contributed by atoms with Crippen LogP contribution >= 0.6 is 0 Å². The minimum Gasteiger partial charge on any atom is -0.383 e. The Morgan fingerprint density at radius 1 is 1.43 bits per heavy atom. The monoisotopic (exact) mass is 318 g/mol. The van der Waals surface area contributed by atoms with Crippen molar-refractivity contribution in [1.82, 2.24) is 10.2 Å². The molecule has 1 aromatic rings. The van der Waals surface area contributed by atoms with Gasteiger partial charge in [0.25, 0.3) is 0 Å². The normalized spacial score (nSPS) is 27.1. The highest BCUT2D eigenvalue weighted by Gasteiger charge is 2.48. The van der Waals surface area contributed by atoms with E-state index in [4.69, 9.17) is 9.47 Å². The van der Waals surface area contributed by atoms with Gasteiger partial charge >= 0.3 is 0 Å². The number of carbonyl (C=O) groups excluding carboxylic acids is 1. The highest BCUT2D eigenvalue weighted by molar-refractivity contribution is 5.80. The molecule has 1 aromatic carbocycles. The molecule has 0 aromatic heterocycles. The van der Waals surface area contributed by atoms with Crippen molar-refractivity contribution in [2.24, 2.45) is 5.92 Å². The van der Waals surface area contributed by atoms with Gasteiger partial charge in [-0.2, -0.15) is 0 Å². The maximum absolute atomic E-state index is 12.5. The average Bonchev–Trinajstić information content (AvgIpc) is 3.13. The number of rotatable bonds is 6. The molecule has 0 bridgehead atoms. The second kappa shape index (κ2) is 7.43. The zero-order valence-electron chi connectivity index (χ0n) is 14.0. The fourth-order valence-electron chi connectivity index (χ4n) is 3.69. The predicted molar refractivity (Wildman–Crippen MR) is 88.1 cm³/mol. The number of nitrogens with one attached hydrogen (secondary N) is 1. The lowest BCUT2D eigenvalue weighted by Gasteiger charge is -2.23. The zero-order chi connectivity index (χ0) is 16.2. The molecule has 2 fully saturated rings. The summed E-state index contributed by atoms with van der Waals surface area (Å²) in [6.07, 6.45) is 1.04. The predicted octanol–water partition coefficient (Wildman–Crippen LogP) is 1.35. The van der Waals surface area contributed by atoms with Crippen molar-refractivity contribution in [3.05, 3.63) is 35.4 Å². The van der Waals surface area contributed by atoms with Crippen molar-refractivity contribution >= 4 is 5.91 Å². The zero-order valence-corrected chi connectivity index (χ0v) is 14.0. The lowest BCUT2D eigenvalue weighted by Crippen LogP contribution is -2.39. The number of amides is 1. The summed E-state index contributed by atoms with van der Waals surface area (Å²) >= 11 is 0. The number of benzene rings is 1. The van der Waals surface area contributed by atoms with Crippen LogP contribution in [-0.4, -0.2) is 56.4 Å². The fourth-order valence-corrected chi connectivity index (χ4v) is 3.69. The number of carbonyl (C=O) groups is 1. The Morgan fingerprint density at radius 3 is 3.04 bits per heavy atom. The van der Waals surface area contributed by atoms with Crippen molar-refractivity contribution in [2.75, 3.05) is 33.4 Å². The molecule has 2 heterocycles. The second-order valence-electron chi connectivity index (χ2n) is 6.44. The Morgan fingerprint density at radius 2 is 2.26 bits per heavy atom. The average molecular weight is 318 g/mol. The SMILES string of the molecule is COCCNC(=O)[C@H]1CN(Cc2ccccc2C)[C@@H]2CCO[C@H]12. The van der Waals surface area contributed by atoms with E-state index in [9.17, 15) is 4.79 Å². The van der Waals surface area contributed by atoms with Crippen LogP contribution in [0.3, 0.4) is 0 Å². The van der Waals surface area contributed by atoms with Crippen LogP contribution in [0.1, 0.15) is 17.5 Å². The van der Waals surface area contributed by atoms with Crippen LogP contribution in [0.5, 0.6) is 0 Å². The number of fused-ring (bicyclic) bond motifs is 1. The Balaban J connectivity index is 1.66. The minimum atomic E-state index is -0.0802. The number of methoxy groups -OCH3 is 1. The molecule has 0 aliphatic carbocycles. The lowest BCUT2D eigenvalue weighted by atomic mass is 10.0. The highest BCUT2D eigenvalue weighted by Crippen LogP contribution is 2.34. The van der Waals surface area contributed by atoms with Crippen molar-refractivity contribution in [1.29, 1.82) is 0 Å². The maximum Gasteiger partial charge on any atom is 0.227 e. The minimum absolute atomic E-state index is 0.0292. The summed E-state index contributed by atoms with van der Waals surface area (Å²) in [6.45, 7) is 5.65. The van der Waals surface area contributed by atoms with Crippen molar-refractivity contribution in [3.8, 4) is 0 Å². The molecule has 0 unspecified atom stereocenters. The molecular formula is C18H26N2O3. The standard InChI is InChI=1S/C18H26N2O3/c1-13-5-3-4-6-14(13)11-20-12-15(17-16(20)7-9-23-17)18(21)19-8-10-22-2/h3-6,15-17H,7-12H2,1-2H3,(H,19,21)/t15-,16+,17+/m0/s1. The second-order valence-corrected chi connectivity index (χ2v) is 6.44. The van der Waals surface area contributed by atoms with Gasteiger partial charge in [-0.15, -0.1) is 0 Å². The van der Waals surface area contributed by atoms with Crippen LogP contribution in [-0.2, 0) is 20.8 Å². The van der Waals surface area contributed by atoms with Gasteiger partial charge in [-0.3, -0.25) is 9.69 Å². The molecular weight excluding hydrogens is 292 g/mol. The number of aryl methyl sites for hydroxylation is 1. The highest BCUT2D eigenvalue weighted by atomic mass is 16.5. The number of likely N-dealkylation sites (tertiary alicyclic amines) is 1. The number of nitrogens with zero attached hydrogens (tertiary/aromatic N) is 1. The van der Waals surface area contributed by atoms with E-state index in [0.717, 1.165) is 26.1 Å². The maximum atomic E-state index is 12.5. The molecule has 0 radical (unpaired) electrons. The van der Waals surface area contributed by atoms with Gasteiger partial charge in [0, 0.05) is 39.4 Å². The third kappa shape index (κ3) is 3.57. The van der Waals surface area contributed by atoms with E-state index >= 15 is 0 Å². The molecule has 5 heteroatoms. The number of hydrogen-bond acceptors (Lipinski definition) is 4. The largest absolute Gasteiger partial charge is 0.383 e. The van der Waals surface area contributed by atoms with E-state index < -0.39 is 0 Å². The summed E-state index contributed by atoms with van der Waals surface area (Å²) in [5.74, 6) is 0.00890. The van der Waals surface area contributed by atoms with E-state index in [1.807, 2.05) is 0 Å². The molecule has 3 rings (SSSR count). The first-order valence-electron chi connectivity index (χ1n) is 8.37. The summed E-state index contributed by atoms with van der Waals surface area (Å²) in [4.78, 5) is 14.9. The van der Waals surface area contributed by atoms with Gasteiger partial charge in [-0.05, 0) is 24.5 Å². The lowest BCUT2D eigenvalue weighted by molar-refractivity contribution is -0.127. The number of ether oxygens (including phenoxy) is 2. The Kier molecular flexibility index (Phi) is 5.30. The first-order valence-corrected chi connectivity index (χ1v) is 8.37. The van der Waals surface area contributed by atoms with Crippen LogP contribution in [0.25, 0.3) is 0 Å². The molecule has 2 aliphatic heterocycles. The van der Waals surface area contributed by atoms with Crippen LogP contribution < -0.4 is 5.32 Å². The van der Waals surface area contributed by atoms with Crippen LogP contribution in [0.15, 0.2) is 24.3 Å². The molecule has 1 amide bonds. The molecule has 2 saturated heterocycles. The first-order chi connectivity index (χ1) is 11.2. The van der Waals surface area contributed by atoms with Crippen LogP contribution in [0, 0.1) is 12.8 Å². The molecule has 0 saturated carbocycles. The van der Waals surface area contributed by atoms with Crippen molar-refractivity contribution in [3.63, 3.8) is 0 Å². The fraction of sp³-hybridized carbons (Fsp3) is 0.611. The summed E-state index contributed by atoms with van der Waals surface area (Å²) in [7, 11) is 1.64. The van der Waals surface area contributed by atoms with Gasteiger partial charge in [0.05, 0.1) is 18.6 Å². The molecule has 5 nitrogen and oxygen atoms in total. The number of hydrogen-bond donors (Lipinski definition) is 1. The topological polar surface area (TPSA) is 50.8 Å². The Labute approximate surface area is 137 Å². The van der Waals surface area contributed by atoms with Crippen LogP contribution in [0.4, 0.5) is 0 Å². The van der Waals surface area contributed by atoms with E-state index in [2.05, 4.69) is 41.4 Å². The molecule has 2 aliphatic rings. The Hall–Kier alpha value is -1.43. The summed E-state index contributed by atoms with van der Waals surface area (Å²) in [5, 5.41) is 2.96. The van der Waals surface area contributed by atoms with Gasteiger partial charge in [0.2, 0.25) is 5.91 Å². The smallest absolute Gasteiger partial charge is 0.227 e.